The molecule has 2 aromatic rings. The van der Waals surface area contributed by atoms with Crippen LogP contribution in [0.2, 0.25) is 0 Å². The molecule has 8 heteroatoms. The summed E-state index contributed by atoms with van der Waals surface area (Å²) in [6.45, 7) is 4.33. The van der Waals surface area contributed by atoms with Crippen LogP contribution in [0.4, 0.5) is 5.69 Å². The molecule has 154 valence electrons. The molecule has 29 heavy (non-hydrogen) atoms. The zero-order valence-electron chi connectivity index (χ0n) is 16.6. The highest BCUT2D eigenvalue weighted by molar-refractivity contribution is 7.80. The lowest BCUT2D eigenvalue weighted by atomic mass is 10.2. The van der Waals surface area contributed by atoms with Crippen molar-refractivity contribution >= 4 is 28.9 Å². The maximum Gasteiger partial charge on any atom is 0.243 e. The van der Waals surface area contributed by atoms with Gasteiger partial charge in [-0.05, 0) is 49.0 Å². The van der Waals surface area contributed by atoms with Gasteiger partial charge in [0.2, 0.25) is 5.91 Å². The zero-order chi connectivity index (χ0) is 20.6. The van der Waals surface area contributed by atoms with Crippen LogP contribution in [0, 0.1) is 0 Å². The van der Waals surface area contributed by atoms with Crippen molar-refractivity contribution in [3.05, 3.63) is 48.0 Å². The normalized spacial score (nSPS) is 12.1. The number of likely N-dealkylation sites (N-methyl/N-ethyl adjacent to an activating group) is 1. The van der Waals surface area contributed by atoms with E-state index in [0.717, 1.165) is 11.3 Å². The molecule has 1 aliphatic heterocycles. The zero-order valence-corrected chi connectivity index (χ0v) is 17.4. The number of hydrogen-bond donors (Lipinski definition) is 2. The Bertz CT molecular complexity index is 858. The first-order valence-corrected chi connectivity index (χ1v) is 9.85. The van der Waals surface area contributed by atoms with E-state index >= 15 is 0 Å². The van der Waals surface area contributed by atoms with Crippen LogP contribution in [0.15, 0.2) is 42.5 Å². The van der Waals surface area contributed by atoms with Crippen molar-refractivity contribution in [1.29, 1.82) is 0 Å². The summed E-state index contributed by atoms with van der Waals surface area (Å²) in [5.74, 6) is 1.98. The van der Waals surface area contributed by atoms with Crippen molar-refractivity contribution in [1.82, 2.24) is 10.2 Å². The molecule has 2 aromatic carbocycles. The van der Waals surface area contributed by atoms with Crippen LogP contribution in [-0.2, 0) is 11.3 Å². The van der Waals surface area contributed by atoms with Gasteiger partial charge in [-0.25, -0.2) is 0 Å². The molecule has 0 saturated carbocycles. The Morgan fingerprint density at radius 1 is 1.14 bits per heavy atom. The SMILES string of the molecule is CCN(CC(=O)Nc1ccc2c(c1)OCCO2)C(=S)NCc1ccc(OC)cc1. The van der Waals surface area contributed by atoms with Crippen LogP contribution < -0.4 is 24.8 Å². The minimum absolute atomic E-state index is 0.152. The Hall–Kier alpha value is -3.00. The first-order valence-electron chi connectivity index (χ1n) is 9.44. The van der Waals surface area contributed by atoms with E-state index in [0.29, 0.717) is 48.6 Å². The minimum Gasteiger partial charge on any atom is -0.497 e. The Morgan fingerprint density at radius 3 is 2.55 bits per heavy atom. The highest BCUT2D eigenvalue weighted by Gasteiger charge is 2.15. The number of thiocarbonyl (C=S) groups is 1. The van der Waals surface area contributed by atoms with Gasteiger partial charge < -0.3 is 29.7 Å². The van der Waals surface area contributed by atoms with Gasteiger partial charge >= 0.3 is 0 Å². The first-order chi connectivity index (χ1) is 14.1. The number of anilines is 1. The third-order valence-corrected chi connectivity index (χ3v) is 4.83. The maximum absolute atomic E-state index is 12.5. The number of carbonyl (C=O) groups is 1. The van der Waals surface area contributed by atoms with E-state index in [4.69, 9.17) is 26.4 Å². The van der Waals surface area contributed by atoms with Crippen molar-refractivity contribution in [2.75, 3.05) is 38.7 Å². The van der Waals surface area contributed by atoms with Gasteiger partial charge in [0.1, 0.15) is 19.0 Å². The molecule has 0 radical (unpaired) electrons. The minimum atomic E-state index is -0.155. The molecule has 3 rings (SSSR count). The van der Waals surface area contributed by atoms with Crippen LogP contribution in [0.25, 0.3) is 0 Å². The van der Waals surface area contributed by atoms with Crippen molar-refractivity contribution in [2.45, 2.75) is 13.5 Å². The van der Waals surface area contributed by atoms with Crippen LogP contribution in [0.1, 0.15) is 12.5 Å². The summed E-state index contributed by atoms with van der Waals surface area (Å²) in [6.07, 6.45) is 0. The number of hydrogen-bond acceptors (Lipinski definition) is 5. The smallest absolute Gasteiger partial charge is 0.243 e. The third-order valence-electron chi connectivity index (χ3n) is 4.43. The molecule has 1 amide bonds. The number of nitrogens with one attached hydrogen (secondary N) is 2. The van der Waals surface area contributed by atoms with Crippen molar-refractivity contribution in [3.63, 3.8) is 0 Å². The second-order valence-electron chi connectivity index (χ2n) is 6.43. The first kappa shape index (κ1) is 20.7. The fourth-order valence-corrected chi connectivity index (χ4v) is 3.12. The predicted molar refractivity (Wildman–Crippen MR) is 116 cm³/mol. The van der Waals surface area contributed by atoms with Crippen LogP contribution in [-0.4, -0.2) is 49.3 Å². The largest absolute Gasteiger partial charge is 0.497 e. The van der Waals surface area contributed by atoms with E-state index in [2.05, 4.69) is 10.6 Å². The van der Waals surface area contributed by atoms with E-state index < -0.39 is 0 Å². The molecular formula is C21H25N3O4S. The lowest BCUT2D eigenvalue weighted by molar-refractivity contribution is -0.116. The van der Waals surface area contributed by atoms with Crippen molar-refractivity contribution in [2.24, 2.45) is 0 Å². The Labute approximate surface area is 175 Å². The Balaban J connectivity index is 1.51. The maximum atomic E-state index is 12.5. The summed E-state index contributed by atoms with van der Waals surface area (Å²) in [6, 6.07) is 13.1. The lowest BCUT2D eigenvalue weighted by Crippen LogP contribution is -2.43. The van der Waals surface area contributed by atoms with Crippen LogP contribution >= 0.6 is 12.2 Å². The summed E-state index contributed by atoms with van der Waals surface area (Å²) >= 11 is 5.46. The number of methoxy groups -OCH3 is 1. The summed E-state index contributed by atoms with van der Waals surface area (Å²) in [5, 5.41) is 6.61. The van der Waals surface area contributed by atoms with Gasteiger partial charge in [-0.2, -0.15) is 0 Å². The number of nitrogens with zero attached hydrogens (tertiary/aromatic N) is 1. The molecule has 2 N–H and O–H groups in total. The van der Waals surface area contributed by atoms with Gasteiger partial charge in [-0.15, -0.1) is 0 Å². The average Bonchev–Trinajstić information content (AvgIpc) is 2.76. The molecule has 0 saturated heterocycles. The fraction of sp³-hybridized carbons (Fsp3) is 0.333. The monoisotopic (exact) mass is 415 g/mol. The summed E-state index contributed by atoms with van der Waals surface area (Å²) in [4.78, 5) is 14.3. The van der Waals surface area contributed by atoms with Crippen LogP contribution in [0.5, 0.6) is 17.2 Å². The molecule has 0 aromatic heterocycles. The molecule has 1 aliphatic rings. The number of amides is 1. The van der Waals surface area contributed by atoms with Gasteiger partial charge in [-0.3, -0.25) is 4.79 Å². The van der Waals surface area contributed by atoms with E-state index in [1.165, 1.54) is 0 Å². The predicted octanol–water partition coefficient (Wildman–Crippen LogP) is 2.80. The van der Waals surface area contributed by atoms with Gasteiger partial charge in [-0.1, -0.05) is 12.1 Å². The number of carbonyl (C=O) groups excluding carboxylic acids is 1. The standard InChI is InChI=1S/C21H25N3O4S/c1-3-24(21(29)22-13-15-4-7-17(26-2)8-5-15)14-20(25)23-16-6-9-18-19(12-16)28-11-10-27-18/h4-9,12H,3,10-11,13-14H2,1-2H3,(H,22,29)(H,23,25). The molecule has 0 unspecified atom stereocenters. The molecule has 7 nitrogen and oxygen atoms in total. The Morgan fingerprint density at radius 2 is 1.86 bits per heavy atom. The van der Waals surface area contributed by atoms with Gasteiger partial charge in [0.25, 0.3) is 0 Å². The van der Waals surface area contributed by atoms with E-state index in [1.807, 2.05) is 36.1 Å². The van der Waals surface area contributed by atoms with Gasteiger partial charge in [0.15, 0.2) is 16.6 Å². The van der Waals surface area contributed by atoms with Crippen molar-refractivity contribution in [3.8, 4) is 17.2 Å². The Kier molecular flexibility index (Phi) is 7.13. The van der Waals surface area contributed by atoms with E-state index in [-0.39, 0.29) is 12.5 Å². The summed E-state index contributed by atoms with van der Waals surface area (Å²) < 4.78 is 16.2. The molecule has 0 fully saturated rings. The quantitative estimate of drug-likeness (QED) is 0.674. The van der Waals surface area contributed by atoms with E-state index in [1.54, 1.807) is 25.3 Å². The number of rotatable bonds is 7. The van der Waals surface area contributed by atoms with Gasteiger partial charge in [0.05, 0.1) is 13.7 Å². The molecular weight excluding hydrogens is 390 g/mol. The topological polar surface area (TPSA) is 72.1 Å². The number of fused-ring (bicyclic) bond motifs is 1. The highest BCUT2D eigenvalue weighted by Crippen LogP contribution is 2.32. The van der Waals surface area contributed by atoms with Gasteiger partial charge in [0, 0.05) is 24.8 Å². The molecule has 0 bridgehead atoms. The van der Waals surface area contributed by atoms with E-state index in [9.17, 15) is 4.79 Å². The molecule has 1 heterocycles. The fourth-order valence-electron chi connectivity index (χ4n) is 2.86. The lowest BCUT2D eigenvalue weighted by Gasteiger charge is -2.24. The number of ether oxygens (including phenoxy) is 3. The summed E-state index contributed by atoms with van der Waals surface area (Å²) in [5.41, 5.74) is 1.73. The second kappa shape index (κ2) is 9.97. The second-order valence-corrected chi connectivity index (χ2v) is 6.81. The molecule has 0 aliphatic carbocycles. The molecule has 0 spiro atoms. The number of benzene rings is 2. The highest BCUT2D eigenvalue weighted by atomic mass is 32.1. The molecule has 0 atom stereocenters. The third kappa shape index (κ3) is 5.74. The van der Waals surface area contributed by atoms with Crippen LogP contribution in [0.3, 0.4) is 0 Å². The van der Waals surface area contributed by atoms with Crippen molar-refractivity contribution < 1.29 is 19.0 Å². The summed E-state index contributed by atoms with van der Waals surface area (Å²) in [7, 11) is 1.64. The average molecular weight is 416 g/mol.